The molecule has 1 fully saturated rings. The van der Waals surface area contributed by atoms with Crippen molar-refractivity contribution in [2.75, 3.05) is 26.2 Å². The van der Waals surface area contributed by atoms with Crippen molar-refractivity contribution in [2.45, 2.75) is 13.0 Å². The van der Waals surface area contributed by atoms with Gasteiger partial charge in [-0.1, -0.05) is 6.07 Å². The van der Waals surface area contributed by atoms with Gasteiger partial charge in [0.15, 0.2) is 5.76 Å². The molecular weight excluding hydrogens is 354 g/mol. The largest absolute Gasteiger partial charge is 0.463 e. The topological polar surface area (TPSA) is 49.6 Å². The number of piperazine rings is 1. The average Bonchev–Trinajstić information content (AvgIpc) is 3.38. The first-order valence-corrected chi connectivity index (χ1v) is 10.0. The van der Waals surface area contributed by atoms with Crippen LogP contribution in [-0.4, -0.2) is 46.9 Å². The molecule has 7 heteroatoms. The molecule has 1 aliphatic heterocycles. The summed E-state index contributed by atoms with van der Waals surface area (Å²) in [5.74, 6) is 1.04. The van der Waals surface area contributed by atoms with E-state index in [0.717, 1.165) is 54.1 Å². The van der Waals surface area contributed by atoms with Crippen molar-refractivity contribution in [2.24, 2.45) is 0 Å². The number of aromatic nitrogens is 1. The van der Waals surface area contributed by atoms with E-state index in [9.17, 15) is 4.79 Å². The van der Waals surface area contributed by atoms with Crippen LogP contribution in [0.1, 0.15) is 9.88 Å². The van der Waals surface area contributed by atoms with E-state index in [1.165, 1.54) is 0 Å². The van der Waals surface area contributed by atoms with E-state index in [2.05, 4.69) is 9.88 Å². The molecule has 4 heterocycles. The standard InChI is InChI=1S/C18H19N3O2S2/c22-18(11-14-3-2-10-24-14)21-7-5-20(6-8-21)12-17-19-15(13-25-17)16-4-1-9-23-16/h1-4,9-10,13H,5-8,11-12H2. The molecule has 0 N–H and O–H groups in total. The molecule has 0 aromatic carbocycles. The third-order valence-electron chi connectivity index (χ3n) is 4.31. The minimum absolute atomic E-state index is 0.233. The number of carbonyl (C=O) groups excluding carboxylic acids is 1. The van der Waals surface area contributed by atoms with E-state index in [0.29, 0.717) is 6.42 Å². The van der Waals surface area contributed by atoms with E-state index in [1.54, 1.807) is 28.9 Å². The maximum atomic E-state index is 12.4. The Morgan fingerprint density at radius 2 is 2.04 bits per heavy atom. The van der Waals surface area contributed by atoms with Crippen molar-refractivity contribution in [3.05, 3.63) is 51.2 Å². The van der Waals surface area contributed by atoms with Gasteiger partial charge >= 0.3 is 0 Å². The third-order valence-corrected chi connectivity index (χ3v) is 6.02. The molecule has 0 radical (unpaired) electrons. The Bertz CT molecular complexity index is 803. The molecule has 25 heavy (non-hydrogen) atoms. The minimum atomic E-state index is 0.233. The number of furan rings is 1. The molecule has 0 bridgehead atoms. The summed E-state index contributed by atoms with van der Waals surface area (Å²) in [4.78, 5) is 22.5. The number of thiophene rings is 1. The van der Waals surface area contributed by atoms with Crippen molar-refractivity contribution < 1.29 is 9.21 Å². The molecule has 5 nitrogen and oxygen atoms in total. The lowest BCUT2D eigenvalue weighted by atomic mass is 10.2. The molecule has 1 saturated heterocycles. The maximum Gasteiger partial charge on any atom is 0.227 e. The van der Waals surface area contributed by atoms with Gasteiger partial charge < -0.3 is 9.32 Å². The number of rotatable bonds is 5. The van der Waals surface area contributed by atoms with E-state index in [-0.39, 0.29) is 5.91 Å². The Hall–Kier alpha value is -1.96. The van der Waals surface area contributed by atoms with Crippen molar-refractivity contribution in [3.8, 4) is 11.5 Å². The lowest BCUT2D eigenvalue weighted by Crippen LogP contribution is -2.48. The maximum absolute atomic E-state index is 12.4. The van der Waals surface area contributed by atoms with Gasteiger partial charge in [0.05, 0.1) is 19.2 Å². The predicted molar refractivity (Wildman–Crippen MR) is 99.7 cm³/mol. The predicted octanol–water partition coefficient (Wildman–Crippen LogP) is 3.35. The van der Waals surface area contributed by atoms with Crippen LogP contribution in [0, 0.1) is 0 Å². The first kappa shape index (κ1) is 16.5. The van der Waals surface area contributed by atoms with Crippen LogP contribution in [0.5, 0.6) is 0 Å². The van der Waals surface area contributed by atoms with Gasteiger partial charge in [-0.15, -0.1) is 22.7 Å². The van der Waals surface area contributed by atoms with E-state index in [4.69, 9.17) is 4.42 Å². The van der Waals surface area contributed by atoms with Crippen molar-refractivity contribution >= 4 is 28.6 Å². The van der Waals surface area contributed by atoms with Gasteiger partial charge in [0.25, 0.3) is 0 Å². The fraction of sp³-hybridized carbons (Fsp3) is 0.333. The molecule has 130 valence electrons. The molecule has 1 aliphatic rings. The lowest BCUT2D eigenvalue weighted by Gasteiger charge is -2.34. The number of hydrogen-bond donors (Lipinski definition) is 0. The van der Waals surface area contributed by atoms with Gasteiger partial charge in [-0.25, -0.2) is 4.98 Å². The summed E-state index contributed by atoms with van der Waals surface area (Å²) in [6.45, 7) is 4.21. The first-order chi connectivity index (χ1) is 12.3. The van der Waals surface area contributed by atoms with Gasteiger partial charge in [0.1, 0.15) is 10.7 Å². The highest BCUT2D eigenvalue weighted by Crippen LogP contribution is 2.23. The highest BCUT2D eigenvalue weighted by Gasteiger charge is 2.22. The first-order valence-electron chi connectivity index (χ1n) is 8.29. The Morgan fingerprint density at radius 3 is 2.76 bits per heavy atom. The van der Waals surface area contributed by atoms with Crippen molar-refractivity contribution in [1.29, 1.82) is 0 Å². The zero-order valence-corrected chi connectivity index (χ0v) is 15.4. The second-order valence-corrected chi connectivity index (χ2v) is 7.99. The normalized spacial score (nSPS) is 15.6. The summed E-state index contributed by atoms with van der Waals surface area (Å²) < 4.78 is 5.39. The zero-order valence-electron chi connectivity index (χ0n) is 13.8. The van der Waals surface area contributed by atoms with E-state index >= 15 is 0 Å². The second kappa shape index (κ2) is 7.51. The number of amides is 1. The summed E-state index contributed by atoms with van der Waals surface area (Å²) in [7, 11) is 0. The number of nitrogens with zero attached hydrogens (tertiary/aromatic N) is 3. The lowest BCUT2D eigenvalue weighted by molar-refractivity contribution is -0.132. The van der Waals surface area contributed by atoms with Crippen LogP contribution in [0.4, 0.5) is 0 Å². The molecule has 0 spiro atoms. The highest BCUT2D eigenvalue weighted by atomic mass is 32.1. The highest BCUT2D eigenvalue weighted by molar-refractivity contribution is 7.10. The number of carbonyl (C=O) groups is 1. The molecule has 0 saturated carbocycles. The van der Waals surface area contributed by atoms with E-state index in [1.807, 2.05) is 39.9 Å². The third kappa shape index (κ3) is 4.00. The van der Waals surface area contributed by atoms with Crippen molar-refractivity contribution in [3.63, 3.8) is 0 Å². The van der Waals surface area contributed by atoms with Crippen LogP contribution >= 0.6 is 22.7 Å². The number of thiazole rings is 1. The van der Waals surface area contributed by atoms with Crippen LogP contribution in [-0.2, 0) is 17.8 Å². The van der Waals surface area contributed by atoms with Crippen LogP contribution in [0.15, 0.2) is 45.7 Å². The zero-order chi connectivity index (χ0) is 17.1. The van der Waals surface area contributed by atoms with E-state index < -0.39 is 0 Å². The minimum Gasteiger partial charge on any atom is -0.463 e. The van der Waals surface area contributed by atoms with Gasteiger partial charge in [-0.2, -0.15) is 0 Å². The summed E-state index contributed by atoms with van der Waals surface area (Å²) >= 11 is 3.31. The average molecular weight is 374 g/mol. The van der Waals surface area contributed by atoms with Crippen LogP contribution in [0.3, 0.4) is 0 Å². The smallest absolute Gasteiger partial charge is 0.227 e. The monoisotopic (exact) mass is 373 g/mol. The summed E-state index contributed by atoms with van der Waals surface area (Å²) in [6.07, 6.45) is 2.19. The van der Waals surface area contributed by atoms with Gasteiger partial charge in [-0.05, 0) is 23.6 Å². The molecule has 4 rings (SSSR count). The SMILES string of the molecule is O=C(Cc1cccs1)N1CCN(Cc2nc(-c3ccco3)cs2)CC1. The molecule has 0 aliphatic carbocycles. The fourth-order valence-corrected chi connectivity index (χ4v) is 4.46. The summed E-state index contributed by atoms with van der Waals surface area (Å²) in [5.41, 5.74) is 0.898. The molecular formula is C18H19N3O2S2. The molecule has 3 aromatic heterocycles. The van der Waals surface area contributed by atoms with Gasteiger partial charge in [-0.3, -0.25) is 9.69 Å². The molecule has 0 atom stereocenters. The Balaban J connectivity index is 1.28. The van der Waals surface area contributed by atoms with Gasteiger partial charge in [0.2, 0.25) is 5.91 Å². The fourth-order valence-electron chi connectivity index (χ4n) is 2.94. The Morgan fingerprint density at radius 1 is 1.16 bits per heavy atom. The summed E-state index contributed by atoms with van der Waals surface area (Å²) in [6, 6.07) is 7.83. The molecule has 1 amide bonds. The quantitative estimate of drug-likeness (QED) is 0.688. The van der Waals surface area contributed by atoms with Crippen LogP contribution < -0.4 is 0 Å². The van der Waals surface area contributed by atoms with Crippen LogP contribution in [0.25, 0.3) is 11.5 Å². The second-order valence-electron chi connectivity index (χ2n) is 6.02. The Labute approximate surface area is 154 Å². The van der Waals surface area contributed by atoms with Crippen LogP contribution in [0.2, 0.25) is 0 Å². The molecule has 3 aromatic rings. The van der Waals surface area contributed by atoms with Gasteiger partial charge in [0, 0.05) is 36.4 Å². The summed E-state index contributed by atoms with van der Waals surface area (Å²) in [5, 5.41) is 5.14. The number of hydrogen-bond acceptors (Lipinski definition) is 6. The Kier molecular flexibility index (Phi) is 4.96. The van der Waals surface area contributed by atoms with Crippen molar-refractivity contribution in [1.82, 2.24) is 14.8 Å². The molecule has 0 unspecified atom stereocenters.